The molecule has 23 heavy (non-hydrogen) atoms. The van der Waals surface area contributed by atoms with E-state index in [2.05, 4.69) is 6.92 Å². The molecule has 1 amide bonds. The van der Waals surface area contributed by atoms with Gasteiger partial charge in [0.25, 0.3) is 0 Å². The Balaban J connectivity index is 1.92. The highest BCUT2D eigenvalue weighted by atomic mass is 19.1. The highest BCUT2D eigenvalue weighted by Gasteiger charge is 2.46. The molecule has 4 heteroatoms. The van der Waals surface area contributed by atoms with Gasteiger partial charge < -0.3 is 10.0 Å². The summed E-state index contributed by atoms with van der Waals surface area (Å²) in [6.45, 7) is 3.52. The Hall–Kier alpha value is -1.42. The average Bonchev–Trinajstić information content (AvgIpc) is 2.95. The first-order valence-electron chi connectivity index (χ1n) is 8.73. The second kappa shape index (κ2) is 6.60. The molecule has 2 aliphatic rings. The smallest absolute Gasteiger partial charge is 0.233 e. The number of hydrogen-bond acceptors (Lipinski definition) is 2. The summed E-state index contributed by atoms with van der Waals surface area (Å²) in [5.74, 6) is 0.332. The monoisotopic (exact) mass is 319 g/mol. The van der Waals surface area contributed by atoms with Crippen LogP contribution in [0.5, 0.6) is 0 Å². The van der Waals surface area contributed by atoms with E-state index in [4.69, 9.17) is 0 Å². The number of aliphatic hydroxyl groups is 1. The van der Waals surface area contributed by atoms with Crippen LogP contribution in [0.3, 0.4) is 0 Å². The molecule has 0 aromatic heterocycles. The van der Waals surface area contributed by atoms with Crippen molar-refractivity contribution in [2.75, 3.05) is 19.7 Å². The van der Waals surface area contributed by atoms with Gasteiger partial charge in [0.2, 0.25) is 5.91 Å². The zero-order valence-corrected chi connectivity index (χ0v) is 13.8. The van der Waals surface area contributed by atoms with Gasteiger partial charge in [0.1, 0.15) is 5.82 Å². The molecule has 1 heterocycles. The van der Waals surface area contributed by atoms with Crippen LogP contribution in [0.25, 0.3) is 0 Å². The van der Waals surface area contributed by atoms with Gasteiger partial charge in [-0.15, -0.1) is 0 Å². The maximum atomic E-state index is 13.8. The predicted molar refractivity (Wildman–Crippen MR) is 87.5 cm³/mol. The highest BCUT2D eigenvalue weighted by Crippen LogP contribution is 2.42. The van der Waals surface area contributed by atoms with Crippen molar-refractivity contribution in [1.82, 2.24) is 4.90 Å². The second-order valence-corrected chi connectivity index (χ2v) is 7.28. The molecule has 3 rings (SSSR count). The van der Waals surface area contributed by atoms with Crippen LogP contribution < -0.4 is 0 Å². The molecule has 0 radical (unpaired) electrons. The zero-order chi connectivity index (χ0) is 16.4. The van der Waals surface area contributed by atoms with Crippen molar-refractivity contribution in [3.05, 3.63) is 35.6 Å². The van der Waals surface area contributed by atoms with Gasteiger partial charge in [-0.2, -0.15) is 0 Å². The Bertz CT molecular complexity index is 568. The largest absolute Gasteiger partial charge is 0.396 e. The van der Waals surface area contributed by atoms with Gasteiger partial charge in [0.05, 0.1) is 5.41 Å². The molecule has 126 valence electrons. The van der Waals surface area contributed by atoms with Crippen molar-refractivity contribution in [2.45, 2.75) is 44.4 Å². The fourth-order valence-electron chi connectivity index (χ4n) is 4.31. The van der Waals surface area contributed by atoms with Gasteiger partial charge in [0.15, 0.2) is 0 Å². The van der Waals surface area contributed by atoms with Gasteiger partial charge in [-0.25, -0.2) is 4.39 Å². The standard InChI is InChI=1S/C19H26FNO2/c1-14-11-21(12-15(14)13-22)18(23)19(8-3-2-4-9-19)16-6-5-7-17(20)10-16/h5-7,10,14-15,22H,2-4,8-9,11-13H2,1H3/t14-,15+/m1/s1. The number of halogens is 1. The summed E-state index contributed by atoms with van der Waals surface area (Å²) in [6, 6.07) is 6.57. The molecule has 1 aromatic rings. The molecule has 1 aliphatic heterocycles. The van der Waals surface area contributed by atoms with Crippen molar-refractivity contribution in [2.24, 2.45) is 11.8 Å². The zero-order valence-electron chi connectivity index (χ0n) is 13.8. The molecule has 2 atom stereocenters. The van der Waals surface area contributed by atoms with E-state index in [1.807, 2.05) is 11.0 Å². The number of rotatable bonds is 3. The number of amides is 1. The Morgan fingerprint density at radius 3 is 2.65 bits per heavy atom. The van der Waals surface area contributed by atoms with Crippen LogP contribution in [0.4, 0.5) is 4.39 Å². The average molecular weight is 319 g/mol. The van der Waals surface area contributed by atoms with E-state index in [1.54, 1.807) is 6.07 Å². The maximum Gasteiger partial charge on any atom is 0.233 e. The minimum Gasteiger partial charge on any atom is -0.396 e. The number of nitrogens with zero attached hydrogens (tertiary/aromatic N) is 1. The van der Waals surface area contributed by atoms with Crippen LogP contribution in [0.1, 0.15) is 44.6 Å². The number of aliphatic hydroxyl groups excluding tert-OH is 1. The fourth-order valence-corrected chi connectivity index (χ4v) is 4.31. The van der Waals surface area contributed by atoms with Gasteiger partial charge in [-0.05, 0) is 36.5 Å². The Kier molecular flexibility index (Phi) is 4.72. The molecule has 1 aliphatic carbocycles. The quantitative estimate of drug-likeness (QED) is 0.930. The van der Waals surface area contributed by atoms with Crippen LogP contribution in [-0.2, 0) is 10.2 Å². The summed E-state index contributed by atoms with van der Waals surface area (Å²) in [7, 11) is 0. The lowest BCUT2D eigenvalue weighted by Gasteiger charge is -2.39. The third-order valence-corrected chi connectivity index (χ3v) is 5.78. The number of carbonyl (C=O) groups is 1. The summed E-state index contributed by atoms with van der Waals surface area (Å²) in [4.78, 5) is 15.3. The summed E-state index contributed by atoms with van der Waals surface area (Å²) in [6.07, 6.45) is 4.75. The van der Waals surface area contributed by atoms with Crippen LogP contribution in [0, 0.1) is 17.7 Å². The van der Waals surface area contributed by atoms with E-state index in [1.165, 1.54) is 12.1 Å². The van der Waals surface area contributed by atoms with Crippen molar-refractivity contribution in [1.29, 1.82) is 0 Å². The molecule has 2 fully saturated rings. The number of carbonyl (C=O) groups excluding carboxylic acids is 1. The van der Waals surface area contributed by atoms with Crippen molar-refractivity contribution in [3.63, 3.8) is 0 Å². The SMILES string of the molecule is C[C@@H]1CN(C(=O)C2(c3cccc(F)c3)CCCCC2)C[C@H]1CO. The van der Waals surface area contributed by atoms with E-state index in [9.17, 15) is 14.3 Å². The molecule has 0 spiro atoms. The summed E-state index contributed by atoms with van der Waals surface area (Å²) in [5.41, 5.74) is 0.243. The lowest BCUT2D eigenvalue weighted by molar-refractivity contribution is -0.138. The van der Waals surface area contributed by atoms with Crippen molar-refractivity contribution < 1.29 is 14.3 Å². The Morgan fingerprint density at radius 2 is 2.04 bits per heavy atom. The first-order chi connectivity index (χ1) is 11.1. The normalized spacial score (nSPS) is 27.2. The minimum absolute atomic E-state index is 0.123. The molecule has 0 bridgehead atoms. The second-order valence-electron chi connectivity index (χ2n) is 7.28. The minimum atomic E-state index is -0.579. The Morgan fingerprint density at radius 1 is 1.30 bits per heavy atom. The molecule has 3 nitrogen and oxygen atoms in total. The molecule has 0 unspecified atom stereocenters. The van der Waals surface area contributed by atoms with E-state index in [0.717, 1.165) is 37.7 Å². The first-order valence-corrected chi connectivity index (χ1v) is 8.73. The third kappa shape index (κ3) is 3.01. The van der Waals surface area contributed by atoms with E-state index >= 15 is 0 Å². The third-order valence-electron chi connectivity index (χ3n) is 5.78. The van der Waals surface area contributed by atoms with Gasteiger partial charge in [-0.3, -0.25) is 4.79 Å². The van der Waals surface area contributed by atoms with E-state index in [0.29, 0.717) is 19.0 Å². The van der Waals surface area contributed by atoms with E-state index in [-0.39, 0.29) is 24.2 Å². The van der Waals surface area contributed by atoms with Crippen LogP contribution in [-0.4, -0.2) is 35.6 Å². The van der Waals surface area contributed by atoms with Crippen LogP contribution in [0.2, 0.25) is 0 Å². The molecule has 1 N–H and O–H groups in total. The number of likely N-dealkylation sites (tertiary alicyclic amines) is 1. The van der Waals surface area contributed by atoms with Crippen molar-refractivity contribution in [3.8, 4) is 0 Å². The van der Waals surface area contributed by atoms with E-state index < -0.39 is 5.41 Å². The lowest BCUT2D eigenvalue weighted by atomic mass is 9.68. The summed E-state index contributed by atoms with van der Waals surface area (Å²) in [5, 5.41) is 9.48. The first kappa shape index (κ1) is 16.4. The fraction of sp³-hybridized carbons (Fsp3) is 0.632. The van der Waals surface area contributed by atoms with Crippen molar-refractivity contribution >= 4 is 5.91 Å². The summed E-state index contributed by atoms with van der Waals surface area (Å²) < 4.78 is 13.8. The molecule has 1 saturated carbocycles. The topological polar surface area (TPSA) is 40.5 Å². The van der Waals surface area contributed by atoms with Gasteiger partial charge >= 0.3 is 0 Å². The van der Waals surface area contributed by atoms with Gasteiger partial charge in [0, 0.05) is 25.6 Å². The van der Waals surface area contributed by atoms with Gasteiger partial charge in [-0.1, -0.05) is 38.3 Å². The maximum absolute atomic E-state index is 13.8. The molecule has 1 saturated heterocycles. The number of hydrogen-bond donors (Lipinski definition) is 1. The van der Waals surface area contributed by atoms with Crippen LogP contribution >= 0.6 is 0 Å². The Labute approximate surface area is 137 Å². The molecule has 1 aromatic carbocycles. The molecular formula is C19H26FNO2. The molecular weight excluding hydrogens is 293 g/mol. The lowest BCUT2D eigenvalue weighted by Crippen LogP contribution is -2.47. The highest BCUT2D eigenvalue weighted by molar-refractivity contribution is 5.88. The van der Waals surface area contributed by atoms with Crippen LogP contribution in [0.15, 0.2) is 24.3 Å². The summed E-state index contributed by atoms with van der Waals surface area (Å²) >= 11 is 0. The number of benzene rings is 1. The predicted octanol–water partition coefficient (Wildman–Crippen LogP) is 3.11.